The second-order valence-electron chi connectivity index (χ2n) is 14.2. The number of rotatable bonds is 5. The summed E-state index contributed by atoms with van der Waals surface area (Å²) in [5.74, 6) is 0.808. The van der Waals surface area contributed by atoms with Crippen LogP contribution in [0.3, 0.4) is 0 Å². The maximum absolute atomic E-state index is 13.8. The van der Waals surface area contributed by atoms with Crippen LogP contribution in [0.25, 0.3) is 22.4 Å². The summed E-state index contributed by atoms with van der Waals surface area (Å²) < 4.78 is 36.8. The number of hydrogen-bond acceptors (Lipinski definition) is 7. The fourth-order valence-corrected chi connectivity index (χ4v) is 8.73. The third-order valence-electron chi connectivity index (χ3n) is 10.3. The van der Waals surface area contributed by atoms with E-state index in [1.165, 1.54) is 25.7 Å². The van der Waals surface area contributed by atoms with E-state index in [0.717, 1.165) is 41.8 Å². The van der Waals surface area contributed by atoms with E-state index in [1.54, 1.807) is 12.1 Å². The summed E-state index contributed by atoms with van der Waals surface area (Å²) in [6.07, 6.45) is 5.80. The Labute approximate surface area is 279 Å². The van der Waals surface area contributed by atoms with Crippen LogP contribution in [-0.4, -0.2) is 67.0 Å². The molecule has 246 valence electrons. The number of fused-ring (bicyclic) bond motifs is 4. The third kappa shape index (κ3) is 6.93. The number of nitrogens with zero attached hydrogens (tertiary/aromatic N) is 4. The van der Waals surface area contributed by atoms with E-state index in [4.69, 9.17) is 9.72 Å². The van der Waals surface area contributed by atoms with Gasteiger partial charge in [-0.25, -0.2) is 18.1 Å². The molecule has 1 N–H and O–H groups in total. The molecule has 9 heteroatoms. The normalized spacial score (nSPS) is 21.5. The Morgan fingerprint density at radius 3 is 2.38 bits per heavy atom. The number of aromatic nitrogens is 2. The first-order chi connectivity index (χ1) is 22.7. The molecule has 1 atom stereocenters. The molecule has 47 heavy (non-hydrogen) atoms. The monoisotopic (exact) mass is 651 g/mol. The van der Waals surface area contributed by atoms with Gasteiger partial charge < -0.3 is 9.64 Å². The fourth-order valence-electron chi connectivity index (χ4n) is 7.72. The van der Waals surface area contributed by atoms with Crippen LogP contribution in [0.15, 0.2) is 89.8 Å². The predicted octanol–water partition coefficient (Wildman–Crippen LogP) is 7.09. The van der Waals surface area contributed by atoms with Gasteiger partial charge in [0.2, 0.25) is 11.8 Å². The number of piperidine rings is 1. The minimum atomic E-state index is -3.96. The van der Waals surface area contributed by atoms with Crippen molar-refractivity contribution in [3.63, 3.8) is 0 Å². The molecule has 7 rings (SSSR count). The van der Waals surface area contributed by atoms with Crippen molar-refractivity contribution in [2.24, 2.45) is 11.3 Å². The van der Waals surface area contributed by atoms with Crippen LogP contribution in [0.5, 0.6) is 5.88 Å². The van der Waals surface area contributed by atoms with Gasteiger partial charge in [-0.1, -0.05) is 80.6 Å². The average Bonchev–Trinajstić information content (AvgIpc) is 3.05. The van der Waals surface area contributed by atoms with Gasteiger partial charge in [0.25, 0.3) is 10.0 Å². The molecule has 3 aromatic carbocycles. The Morgan fingerprint density at radius 2 is 1.64 bits per heavy atom. The summed E-state index contributed by atoms with van der Waals surface area (Å²) in [5.41, 5.74) is 4.90. The fraction of sp³-hybridized carbons (Fsp3) is 0.421. The number of likely N-dealkylation sites (tertiary alicyclic amines) is 1. The van der Waals surface area contributed by atoms with E-state index in [0.29, 0.717) is 42.1 Å². The second kappa shape index (κ2) is 13.0. The summed E-state index contributed by atoms with van der Waals surface area (Å²) >= 11 is 0. The van der Waals surface area contributed by atoms with Crippen LogP contribution in [0, 0.1) is 11.3 Å². The quantitative estimate of drug-likeness (QED) is 0.247. The maximum atomic E-state index is 13.8. The maximum Gasteiger partial charge on any atom is 0.264 e. The van der Waals surface area contributed by atoms with Crippen molar-refractivity contribution in [2.75, 3.05) is 31.5 Å². The van der Waals surface area contributed by atoms with Crippen molar-refractivity contribution in [2.45, 2.75) is 69.5 Å². The first-order valence-electron chi connectivity index (χ1n) is 16.9. The topological polar surface area (TPSA) is 87.7 Å². The zero-order valence-electron chi connectivity index (χ0n) is 27.6. The molecule has 4 bridgehead atoms. The summed E-state index contributed by atoms with van der Waals surface area (Å²) in [5, 5.41) is 0. The lowest BCUT2D eigenvalue weighted by Gasteiger charge is -2.56. The van der Waals surface area contributed by atoms with Crippen molar-refractivity contribution in [3.8, 4) is 28.3 Å². The number of benzene rings is 3. The third-order valence-corrected chi connectivity index (χ3v) is 11.6. The van der Waals surface area contributed by atoms with Gasteiger partial charge in [-0.2, -0.15) is 4.98 Å². The minimum absolute atomic E-state index is 0.00881. The Morgan fingerprint density at radius 1 is 0.915 bits per heavy atom. The molecule has 2 aliphatic heterocycles. The molecule has 0 unspecified atom stereocenters. The molecule has 2 fully saturated rings. The SMILES string of the molecule is CC(C)C[C@@H]1COc2cc(-c3ccccc3-c3ccccc3)nc(n2)NS(=O)(=O)c2cccc(c2)CN1C1CC2(CCN(C)CC2)C1. The molecule has 1 aromatic heterocycles. The predicted molar refractivity (Wildman–Crippen MR) is 187 cm³/mol. The number of anilines is 1. The number of hydrogen-bond donors (Lipinski definition) is 1. The largest absolute Gasteiger partial charge is 0.476 e. The molecule has 1 aliphatic carbocycles. The van der Waals surface area contributed by atoms with Crippen molar-refractivity contribution in [1.82, 2.24) is 19.8 Å². The van der Waals surface area contributed by atoms with E-state index >= 15 is 0 Å². The van der Waals surface area contributed by atoms with Gasteiger partial charge in [0.1, 0.15) is 6.61 Å². The lowest BCUT2D eigenvalue weighted by atomic mass is 9.59. The van der Waals surface area contributed by atoms with Crippen LogP contribution < -0.4 is 9.46 Å². The molecule has 0 amide bonds. The van der Waals surface area contributed by atoms with Gasteiger partial charge in [0, 0.05) is 30.3 Å². The Bertz CT molecular complexity index is 1810. The smallest absolute Gasteiger partial charge is 0.264 e. The molecule has 1 saturated heterocycles. The van der Waals surface area contributed by atoms with Crippen molar-refractivity contribution in [1.29, 1.82) is 0 Å². The lowest BCUT2D eigenvalue weighted by Crippen LogP contribution is -2.57. The minimum Gasteiger partial charge on any atom is -0.476 e. The van der Waals surface area contributed by atoms with Gasteiger partial charge >= 0.3 is 0 Å². The molecule has 0 radical (unpaired) electrons. The average molecular weight is 652 g/mol. The Hall–Kier alpha value is -3.79. The molecule has 3 aliphatic rings. The van der Waals surface area contributed by atoms with Gasteiger partial charge in [-0.15, -0.1) is 0 Å². The molecule has 3 heterocycles. The van der Waals surface area contributed by atoms with Crippen LogP contribution in [0.1, 0.15) is 51.5 Å². The summed E-state index contributed by atoms with van der Waals surface area (Å²) in [6, 6.07) is 27.9. The molecular formula is C38H45N5O3S. The highest BCUT2D eigenvalue weighted by molar-refractivity contribution is 7.92. The Balaban J connectivity index is 1.28. The molecule has 8 nitrogen and oxygen atoms in total. The highest BCUT2D eigenvalue weighted by atomic mass is 32.2. The number of nitrogens with one attached hydrogen (secondary N) is 1. The van der Waals surface area contributed by atoms with E-state index in [2.05, 4.69) is 58.6 Å². The van der Waals surface area contributed by atoms with E-state index in [9.17, 15) is 8.42 Å². The van der Waals surface area contributed by atoms with Crippen molar-refractivity contribution >= 4 is 16.0 Å². The number of sulfonamides is 1. The molecule has 1 saturated carbocycles. The van der Waals surface area contributed by atoms with E-state index in [-0.39, 0.29) is 16.9 Å². The lowest BCUT2D eigenvalue weighted by molar-refractivity contribution is -0.0665. The summed E-state index contributed by atoms with van der Waals surface area (Å²) in [4.78, 5) is 14.6. The van der Waals surface area contributed by atoms with Gasteiger partial charge in [0.15, 0.2) is 0 Å². The highest BCUT2D eigenvalue weighted by Gasteiger charge is 2.48. The summed E-state index contributed by atoms with van der Waals surface area (Å²) in [6.45, 7) is 7.96. The molecule has 1 spiro atoms. The molecule has 4 aromatic rings. The van der Waals surface area contributed by atoms with Crippen LogP contribution >= 0.6 is 0 Å². The van der Waals surface area contributed by atoms with Crippen LogP contribution in [-0.2, 0) is 16.6 Å². The van der Waals surface area contributed by atoms with E-state index < -0.39 is 10.0 Å². The van der Waals surface area contributed by atoms with E-state index in [1.807, 2.05) is 54.6 Å². The van der Waals surface area contributed by atoms with Crippen LogP contribution in [0.2, 0.25) is 0 Å². The van der Waals surface area contributed by atoms with Crippen LogP contribution in [0.4, 0.5) is 5.95 Å². The van der Waals surface area contributed by atoms with Crippen molar-refractivity contribution in [3.05, 3.63) is 90.5 Å². The van der Waals surface area contributed by atoms with Gasteiger partial charge in [-0.3, -0.25) is 4.90 Å². The highest BCUT2D eigenvalue weighted by Crippen LogP contribution is 2.51. The summed E-state index contributed by atoms with van der Waals surface area (Å²) in [7, 11) is -1.74. The Kier molecular flexibility index (Phi) is 8.80. The number of ether oxygens (including phenoxy) is 1. The second-order valence-corrected chi connectivity index (χ2v) is 15.9. The van der Waals surface area contributed by atoms with Gasteiger partial charge in [0.05, 0.1) is 10.6 Å². The van der Waals surface area contributed by atoms with Crippen molar-refractivity contribution < 1.29 is 13.2 Å². The first-order valence-corrected chi connectivity index (χ1v) is 18.4. The molecular weight excluding hydrogens is 607 g/mol. The zero-order chi connectivity index (χ0) is 32.6. The first kappa shape index (κ1) is 31.8. The van der Waals surface area contributed by atoms with Gasteiger partial charge in [-0.05, 0) is 92.4 Å². The zero-order valence-corrected chi connectivity index (χ0v) is 28.4. The standard InChI is InChI=1S/C38H45N5O3S/c1-27(2)20-30-26-46-36-22-35(34-15-8-7-14-33(34)29-11-5-4-6-12-29)39-37(40-36)41-47(44,45)32-13-9-10-28(21-32)25-43(30)31-23-38(24-31)16-18-42(3)19-17-38/h4-15,21-22,27,30-31H,16-20,23-26H2,1-3H3,(H,39,40,41)/t30-/m1/s1.